The molecule has 1 aromatic carbocycles. The Bertz CT molecular complexity index is 1020. The lowest BCUT2D eigenvalue weighted by atomic mass is 10.2. The van der Waals surface area contributed by atoms with Crippen LogP contribution >= 0.6 is 47.2 Å². The maximum absolute atomic E-state index is 12.4. The van der Waals surface area contributed by atoms with Gasteiger partial charge in [-0.2, -0.15) is 0 Å². The van der Waals surface area contributed by atoms with Gasteiger partial charge in [0.05, 0.1) is 5.02 Å². The smallest absolute Gasteiger partial charge is 0.293 e. The van der Waals surface area contributed by atoms with Crippen LogP contribution in [0.5, 0.6) is 0 Å². The van der Waals surface area contributed by atoms with Crippen LogP contribution in [0.3, 0.4) is 0 Å². The number of carbonyl (C=O) groups excluding carboxylic acids is 1. The highest BCUT2D eigenvalue weighted by atomic mass is 35.5. The largest absolute Gasteiger partial charge is 0.451 e. The van der Waals surface area contributed by atoms with Gasteiger partial charge in [0.1, 0.15) is 11.6 Å². The zero-order valence-corrected chi connectivity index (χ0v) is 17.3. The summed E-state index contributed by atoms with van der Waals surface area (Å²) in [6.45, 7) is 1.76. The molecule has 0 aliphatic rings. The van der Waals surface area contributed by atoms with Crippen LogP contribution in [0.15, 0.2) is 39.9 Å². The molecule has 11 heteroatoms. The lowest BCUT2D eigenvalue weighted by molar-refractivity contribution is 0.0951. The van der Waals surface area contributed by atoms with Crippen LogP contribution < -0.4 is 10.7 Å². The Hall–Kier alpha value is -2.07. The molecule has 0 aliphatic carbocycles. The molecule has 0 saturated heterocycles. The summed E-state index contributed by atoms with van der Waals surface area (Å²) in [5.74, 6) is 0.599. The molecule has 0 unspecified atom stereocenters. The topological polar surface area (TPSA) is 85.0 Å². The number of aromatic nitrogens is 3. The quantitative estimate of drug-likeness (QED) is 0.464. The number of furan rings is 1. The molecule has 140 valence electrons. The van der Waals surface area contributed by atoms with Crippen molar-refractivity contribution in [3.8, 4) is 11.3 Å². The monoisotopic (exact) mass is 441 g/mol. The van der Waals surface area contributed by atoms with Crippen molar-refractivity contribution in [3.05, 3.63) is 52.0 Å². The van der Waals surface area contributed by atoms with Gasteiger partial charge in [-0.05, 0) is 55.7 Å². The van der Waals surface area contributed by atoms with Gasteiger partial charge < -0.3 is 4.42 Å². The van der Waals surface area contributed by atoms with Gasteiger partial charge in [0.15, 0.2) is 10.9 Å². The van der Waals surface area contributed by atoms with Gasteiger partial charge in [0.25, 0.3) is 5.91 Å². The summed E-state index contributed by atoms with van der Waals surface area (Å²) in [5.41, 5.74) is 3.45. The first-order valence-electron chi connectivity index (χ1n) is 7.52. The maximum Gasteiger partial charge on any atom is 0.293 e. The van der Waals surface area contributed by atoms with Crippen molar-refractivity contribution < 1.29 is 9.21 Å². The first-order chi connectivity index (χ1) is 12.9. The highest BCUT2D eigenvalue weighted by molar-refractivity contribution is 7.98. The molecule has 3 aromatic rings. The maximum atomic E-state index is 12.4. The Labute approximate surface area is 174 Å². The number of rotatable bonds is 4. The Morgan fingerprint density at radius 1 is 1.26 bits per heavy atom. The predicted octanol–water partition coefficient (Wildman–Crippen LogP) is 4.13. The van der Waals surface area contributed by atoms with E-state index in [9.17, 15) is 4.79 Å². The normalized spacial score (nSPS) is 10.7. The number of thioether (sulfide) groups is 1. The summed E-state index contributed by atoms with van der Waals surface area (Å²) in [7, 11) is 0. The molecule has 0 fully saturated rings. The van der Waals surface area contributed by atoms with Gasteiger partial charge in [-0.3, -0.25) is 15.5 Å². The van der Waals surface area contributed by atoms with E-state index in [2.05, 4.69) is 20.9 Å². The molecule has 2 heterocycles. The van der Waals surface area contributed by atoms with Crippen molar-refractivity contribution in [2.75, 3.05) is 11.7 Å². The standard InChI is InChI=1S/C16H13Cl2N5O2S2/c1-8-20-21-16(27-2)23(8)22-15(26)19-14(24)13-6-5-12(25-13)10-7-9(17)3-4-11(10)18/h3-7H,1-2H3,(H2,19,22,24,26). The number of thiocarbonyl (C=S) groups is 1. The SMILES string of the molecule is CSc1nnc(C)n1NC(=S)NC(=O)c1ccc(-c2cc(Cl)ccc2Cl)o1. The molecule has 0 spiro atoms. The number of hydrogen-bond acceptors (Lipinski definition) is 6. The van der Waals surface area contributed by atoms with Crippen molar-refractivity contribution in [2.24, 2.45) is 0 Å². The van der Waals surface area contributed by atoms with Crippen LogP contribution in [-0.4, -0.2) is 32.1 Å². The molecule has 27 heavy (non-hydrogen) atoms. The minimum atomic E-state index is -0.506. The Morgan fingerprint density at radius 2 is 2.04 bits per heavy atom. The summed E-state index contributed by atoms with van der Waals surface area (Å²) in [5, 5.41) is 12.1. The fourth-order valence-corrected chi connectivity index (χ4v) is 3.24. The highest BCUT2D eigenvalue weighted by Crippen LogP contribution is 2.31. The lowest BCUT2D eigenvalue weighted by Gasteiger charge is -2.11. The second-order valence-electron chi connectivity index (χ2n) is 5.25. The van der Waals surface area contributed by atoms with Crippen molar-refractivity contribution >= 4 is 58.2 Å². The Morgan fingerprint density at radius 3 is 2.78 bits per heavy atom. The van der Waals surface area contributed by atoms with Crippen LogP contribution in [0.2, 0.25) is 10.0 Å². The molecule has 2 N–H and O–H groups in total. The molecule has 0 aliphatic heterocycles. The van der Waals surface area contributed by atoms with Gasteiger partial charge in [-0.25, -0.2) is 4.68 Å². The van der Waals surface area contributed by atoms with Crippen molar-refractivity contribution in [1.82, 2.24) is 20.2 Å². The molecule has 2 aromatic heterocycles. The third kappa shape index (κ3) is 4.44. The molecule has 3 rings (SSSR count). The van der Waals surface area contributed by atoms with Gasteiger partial charge in [-0.1, -0.05) is 35.0 Å². The number of halogens is 2. The molecule has 7 nitrogen and oxygen atoms in total. The molecule has 0 atom stereocenters. The van der Waals surface area contributed by atoms with Crippen LogP contribution in [0.4, 0.5) is 0 Å². The molecular formula is C16H13Cl2N5O2S2. The summed E-state index contributed by atoms with van der Waals surface area (Å²) in [4.78, 5) is 12.4. The van der Waals surface area contributed by atoms with E-state index in [-0.39, 0.29) is 10.9 Å². The number of nitrogens with zero attached hydrogens (tertiary/aromatic N) is 3. The first kappa shape index (κ1) is 19.7. The number of carbonyl (C=O) groups is 1. The van der Waals surface area contributed by atoms with E-state index in [0.717, 1.165) is 0 Å². The summed E-state index contributed by atoms with van der Waals surface area (Å²) < 4.78 is 7.17. The van der Waals surface area contributed by atoms with E-state index < -0.39 is 5.91 Å². The van der Waals surface area contributed by atoms with Gasteiger partial charge >= 0.3 is 0 Å². The van der Waals surface area contributed by atoms with Crippen LogP contribution in [-0.2, 0) is 0 Å². The van der Waals surface area contributed by atoms with Crippen molar-refractivity contribution in [3.63, 3.8) is 0 Å². The Kier molecular flexibility index (Phi) is 6.05. The zero-order valence-electron chi connectivity index (χ0n) is 14.1. The van der Waals surface area contributed by atoms with E-state index in [4.69, 9.17) is 39.8 Å². The third-order valence-electron chi connectivity index (χ3n) is 3.44. The minimum Gasteiger partial charge on any atom is -0.451 e. The third-order valence-corrected chi connectivity index (χ3v) is 4.83. The molecule has 0 radical (unpaired) electrons. The number of aryl methyl sites for hydroxylation is 1. The molecular weight excluding hydrogens is 429 g/mol. The molecule has 0 bridgehead atoms. The van der Waals surface area contributed by atoms with Crippen LogP contribution in [0.25, 0.3) is 11.3 Å². The van der Waals surface area contributed by atoms with E-state index in [1.807, 2.05) is 6.26 Å². The average molecular weight is 442 g/mol. The molecule has 0 saturated carbocycles. The summed E-state index contributed by atoms with van der Waals surface area (Å²) in [6, 6.07) is 8.16. The second-order valence-corrected chi connectivity index (χ2v) is 7.28. The number of nitrogens with one attached hydrogen (secondary N) is 2. The zero-order chi connectivity index (χ0) is 19.6. The Balaban J connectivity index is 1.72. The van der Waals surface area contributed by atoms with E-state index in [0.29, 0.717) is 32.3 Å². The lowest BCUT2D eigenvalue weighted by Crippen LogP contribution is -2.38. The average Bonchev–Trinajstić information content (AvgIpc) is 3.25. The summed E-state index contributed by atoms with van der Waals surface area (Å²) in [6.07, 6.45) is 1.86. The van der Waals surface area contributed by atoms with Gasteiger partial charge in [-0.15, -0.1) is 10.2 Å². The number of hydrogen-bond donors (Lipinski definition) is 2. The predicted molar refractivity (Wildman–Crippen MR) is 110 cm³/mol. The van der Waals surface area contributed by atoms with Gasteiger partial charge in [0, 0.05) is 10.6 Å². The number of benzene rings is 1. The molecule has 1 amide bonds. The van der Waals surface area contributed by atoms with Crippen molar-refractivity contribution in [2.45, 2.75) is 12.1 Å². The van der Waals surface area contributed by atoms with E-state index in [1.165, 1.54) is 17.8 Å². The first-order valence-corrected chi connectivity index (χ1v) is 9.91. The van der Waals surface area contributed by atoms with Crippen LogP contribution in [0, 0.1) is 6.92 Å². The fourth-order valence-electron chi connectivity index (χ4n) is 2.19. The van der Waals surface area contributed by atoms with Gasteiger partial charge in [0.2, 0.25) is 5.16 Å². The minimum absolute atomic E-state index is 0.0794. The second kappa shape index (κ2) is 8.30. The van der Waals surface area contributed by atoms with Crippen LogP contribution in [0.1, 0.15) is 16.4 Å². The van der Waals surface area contributed by atoms with Crippen molar-refractivity contribution in [1.29, 1.82) is 0 Å². The fraction of sp³-hybridized carbons (Fsp3) is 0.125. The summed E-state index contributed by atoms with van der Waals surface area (Å²) >= 11 is 18.7. The van der Waals surface area contributed by atoms with E-state index in [1.54, 1.807) is 35.9 Å². The highest BCUT2D eigenvalue weighted by Gasteiger charge is 2.16. The number of amides is 1. The van der Waals surface area contributed by atoms with E-state index >= 15 is 0 Å².